The van der Waals surface area contributed by atoms with Gasteiger partial charge < -0.3 is 4.52 Å². The molecular formula is C15H19FN2O3. The van der Waals surface area contributed by atoms with Crippen molar-refractivity contribution >= 4 is 11.5 Å². The lowest BCUT2D eigenvalue weighted by molar-refractivity contribution is -0.0758. The van der Waals surface area contributed by atoms with Gasteiger partial charge in [-0.3, -0.25) is 9.63 Å². The SMILES string of the molecule is CCC1=C(c2noc(C)c2C(=O)N(C)OC)C(F)=CCC1. The van der Waals surface area contributed by atoms with Crippen molar-refractivity contribution in [2.45, 2.75) is 33.1 Å². The zero-order chi connectivity index (χ0) is 15.6. The highest BCUT2D eigenvalue weighted by atomic mass is 19.1. The Morgan fingerprint density at radius 2 is 2.29 bits per heavy atom. The smallest absolute Gasteiger partial charge is 0.283 e. The predicted molar refractivity (Wildman–Crippen MR) is 76.0 cm³/mol. The summed E-state index contributed by atoms with van der Waals surface area (Å²) in [7, 11) is 2.87. The Kier molecular flexibility index (Phi) is 4.57. The van der Waals surface area contributed by atoms with Crippen molar-refractivity contribution in [1.82, 2.24) is 10.2 Å². The summed E-state index contributed by atoms with van der Waals surface area (Å²) >= 11 is 0. The lowest BCUT2D eigenvalue weighted by atomic mass is 9.90. The van der Waals surface area contributed by atoms with E-state index in [1.165, 1.54) is 20.2 Å². The van der Waals surface area contributed by atoms with E-state index in [2.05, 4.69) is 5.16 Å². The first-order chi connectivity index (χ1) is 10.0. The number of hydrogen-bond acceptors (Lipinski definition) is 4. The van der Waals surface area contributed by atoms with Gasteiger partial charge in [0.15, 0.2) is 0 Å². The molecule has 1 heterocycles. The number of halogens is 1. The van der Waals surface area contributed by atoms with E-state index in [1.54, 1.807) is 6.92 Å². The molecule has 0 saturated carbocycles. The summed E-state index contributed by atoms with van der Waals surface area (Å²) in [5, 5.41) is 4.98. The average Bonchev–Trinajstić information content (AvgIpc) is 2.86. The van der Waals surface area contributed by atoms with Gasteiger partial charge in [-0.15, -0.1) is 0 Å². The van der Waals surface area contributed by atoms with Crippen LogP contribution >= 0.6 is 0 Å². The second-order valence-electron chi connectivity index (χ2n) is 4.87. The fourth-order valence-electron chi connectivity index (χ4n) is 2.44. The van der Waals surface area contributed by atoms with E-state index in [9.17, 15) is 9.18 Å². The molecule has 2 rings (SSSR count). The highest BCUT2D eigenvalue weighted by molar-refractivity contribution is 6.00. The minimum atomic E-state index is -0.410. The quantitative estimate of drug-likeness (QED) is 0.798. The predicted octanol–water partition coefficient (Wildman–Crippen LogP) is 3.43. The van der Waals surface area contributed by atoms with Crippen LogP contribution in [0.15, 0.2) is 22.0 Å². The van der Waals surface area contributed by atoms with Crippen LogP contribution in [0.25, 0.3) is 5.57 Å². The summed E-state index contributed by atoms with van der Waals surface area (Å²) in [5.74, 6) is -0.409. The summed E-state index contributed by atoms with van der Waals surface area (Å²) < 4.78 is 19.4. The summed E-state index contributed by atoms with van der Waals surface area (Å²) in [6.07, 6.45) is 3.65. The number of carbonyl (C=O) groups excluding carboxylic acids is 1. The van der Waals surface area contributed by atoms with Crippen LogP contribution in [0.2, 0.25) is 0 Å². The van der Waals surface area contributed by atoms with E-state index >= 15 is 0 Å². The molecule has 1 amide bonds. The van der Waals surface area contributed by atoms with E-state index in [-0.39, 0.29) is 17.1 Å². The number of rotatable bonds is 4. The molecule has 0 fully saturated rings. The molecule has 0 radical (unpaired) electrons. The van der Waals surface area contributed by atoms with Crippen molar-refractivity contribution in [2.24, 2.45) is 0 Å². The van der Waals surface area contributed by atoms with Crippen molar-refractivity contribution in [1.29, 1.82) is 0 Å². The molecule has 21 heavy (non-hydrogen) atoms. The van der Waals surface area contributed by atoms with Gasteiger partial charge in [-0.2, -0.15) is 0 Å². The molecule has 0 aliphatic heterocycles. The monoisotopic (exact) mass is 294 g/mol. The molecule has 0 N–H and O–H groups in total. The largest absolute Gasteiger partial charge is 0.360 e. The molecule has 5 nitrogen and oxygen atoms in total. The molecular weight excluding hydrogens is 275 g/mol. The molecule has 0 aromatic carbocycles. The zero-order valence-corrected chi connectivity index (χ0v) is 12.7. The first-order valence-electron chi connectivity index (χ1n) is 6.88. The van der Waals surface area contributed by atoms with Crippen LogP contribution in [-0.4, -0.2) is 30.3 Å². The van der Waals surface area contributed by atoms with Gasteiger partial charge in [0, 0.05) is 12.6 Å². The molecule has 6 heteroatoms. The molecule has 0 saturated heterocycles. The Labute approximate surface area is 123 Å². The molecule has 1 aliphatic carbocycles. The number of aromatic nitrogens is 1. The van der Waals surface area contributed by atoms with Gasteiger partial charge in [0.1, 0.15) is 22.8 Å². The minimum absolute atomic E-state index is 0.241. The molecule has 0 spiro atoms. The van der Waals surface area contributed by atoms with Crippen LogP contribution in [0.4, 0.5) is 4.39 Å². The Morgan fingerprint density at radius 3 is 2.90 bits per heavy atom. The van der Waals surface area contributed by atoms with Gasteiger partial charge in [0.25, 0.3) is 5.91 Å². The summed E-state index contributed by atoms with van der Waals surface area (Å²) in [4.78, 5) is 17.3. The Hall–Kier alpha value is -1.95. The number of carbonyl (C=O) groups is 1. The highest BCUT2D eigenvalue weighted by Gasteiger charge is 2.29. The average molecular weight is 294 g/mol. The number of amides is 1. The molecule has 1 aromatic rings. The molecule has 0 atom stereocenters. The van der Waals surface area contributed by atoms with Crippen molar-refractivity contribution in [2.75, 3.05) is 14.2 Å². The maximum absolute atomic E-state index is 14.3. The second kappa shape index (κ2) is 6.22. The van der Waals surface area contributed by atoms with Gasteiger partial charge in [-0.25, -0.2) is 9.45 Å². The van der Waals surface area contributed by atoms with E-state index in [1.807, 2.05) is 6.92 Å². The molecule has 114 valence electrons. The lowest BCUT2D eigenvalue weighted by Crippen LogP contribution is -2.26. The first kappa shape index (κ1) is 15.4. The van der Waals surface area contributed by atoms with Crippen molar-refractivity contribution in [3.05, 3.63) is 34.5 Å². The van der Waals surface area contributed by atoms with E-state index in [4.69, 9.17) is 9.36 Å². The van der Waals surface area contributed by atoms with E-state index < -0.39 is 5.91 Å². The fraction of sp³-hybridized carbons (Fsp3) is 0.467. The molecule has 0 bridgehead atoms. The number of aryl methyl sites for hydroxylation is 1. The first-order valence-corrected chi connectivity index (χ1v) is 6.88. The van der Waals surface area contributed by atoms with Gasteiger partial charge in [-0.1, -0.05) is 17.7 Å². The van der Waals surface area contributed by atoms with Crippen LogP contribution in [0.5, 0.6) is 0 Å². The van der Waals surface area contributed by atoms with Gasteiger partial charge in [-0.05, 0) is 32.3 Å². The Balaban J connectivity index is 2.58. The highest BCUT2D eigenvalue weighted by Crippen LogP contribution is 2.37. The normalized spacial score (nSPS) is 15.2. The number of hydrogen-bond donors (Lipinski definition) is 0. The third kappa shape index (κ3) is 2.76. The molecule has 0 unspecified atom stereocenters. The van der Waals surface area contributed by atoms with Gasteiger partial charge in [0.05, 0.1) is 7.11 Å². The summed E-state index contributed by atoms with van der Waals surface area (Å²) in [6, 6.07) is 0. The van der Waals surface area contributed by atoms with E-state index in [0.717, 1.165) is 17.1 Å². The third-order valence-electron chi connectivity index (χ3n) is 3.66. The summed E-state index contributed by atoms with van der Waals surface area (Å²) in [5.41, 5.74) is 1.82. The lowest BCUT2D eigenvalue weighted by Gasteiger charge is -2.17. The number of hydroxylamine groups is 2. The van der Waals surface area contributed by atoms with Crippen LogP contribution in [0.1, 0.15) is 48.0 Å². The van der Waals surface area contributed by atoms with Crippen LogP contribution in [0.3, 0.4) is 0 Å². The third-order valence-corrected chi connectivity index (χ3v) is 3.66. The van der Waals surface area contributed by atoms with E-state index in [0.29, 0.717) is 24.2 Å². The van der Waals surface area contributed by atoms with Crippen LogP contribution < -0.4 is 0 Å². The topological polar surface area (TPSA) is 55.6 Å². The maximum atomic E-state index is 14.3. The minimum Gasteiger partial charge on any atom is -0.360 e. The zero-order valence-electron chi connectivity index (χ0n) is 12.7. The van der Waals surface area contributed by atoms with Crippen molar-refractivity contribution in [3.63, 3.8) is 0 Å². The second-order valence-corrected chi connectivity index (χ2v) is 4.87. The van der Waals surface area contributed by atoms with Crippen LogP contribution in [0, 0.1) is 6.92 Å². The number of allylic oxidation sites excluding steroid dienone is 4. The van der Waals surface area contributed by atoms with Gasteiger partial charge >= 0.3 is 0 Å². The molecule has 1 aliphatic rings. The summed E-state index contributed by atoms with van der Waals surface area (Å²) in [6.45, 7) is 3.59. The Morgan fingerprint density at radius 1 is 1.57 bits per heavy atom. The standard InChI is InChI=1S/C15H19FN2O3/c1-5-10-7-6-8-11(16)13(10)14-12(9(2)21-17-14)15(19)18(3)20-4/h8H,5-7H2,1-4H3. The molecule has 1 aromatic heterocycles. The Bertz CT molecular complexity index is 616. The van der Waals surface area contributed by atoms with Gasteiger partial charge in [0.2, 0.25) is 0 Å². The van der Waals surface area contributed by atoms with Crippen molar-refractivity contribution < 1.29 is 18.5 Å². The maximum Gasteiger partial charge on any atom is 0.283 e. The van der Waals surface area contributed by atoms with Crippen molar-refractivity contribution in [3.8, 4) is 0 Å². The number of nitrogens with zero attached hydrogens (tertiary/aromatic N) is 2. The fourth-order valence-corrected chi connectivity index (χ4v) is 2.44. The van der Waals surface area contributed by atoms with Crippen LogP contribution in [-0.2, 0) is 4.84 Å².